The maximum absolute atomic E-state index is 11.4. The van der Waals surface area contributed by atoms with Crippen molar-refractivity contribution >= 4 is 5.97 Å². The lowest BCUT2D eigenvalue weighted by atomic mass is 9.92. The van der Waals surface area contributed by atoms with E-state index in [1.807, 2.05) is 0 Å². The lowest BCUT2D eigenvalue weighted by Crippen LogP contribution is -2.58. The van der Waals surface area contributed by atoms with E-state index in [9.17, 15) is 4.79 Å². The van der Waals surface area contributed by atoms with Gasteiger partial charge in [-0.1, -0.05) is 20.8 Å². The molecule has 1 rings (SSSR count). The molecule has 1 fully saturated rings. The van der Waals surface area contributed by atoms with Crippen molar-refractivity contribution in [3.63, 3.8) is 0 Å². The lowest BCUT2D eigenvalue weighted by Gasteiger charge is -2.45. The van der Waals surface area contributed by atoms with Crippen LogP contribution >= 0.6 is 0 Å². The fourth-order valence-electron chi connectivity index (χ4n) is 2.28. The molecular formula is C11H21NO2. The van der Waals surface area contributed by atoms with Crippen LogP contribution in [0.15, 0.2) is 0 Å². The summed E-state index contributed by atoms with van der Waals surface area (Å²) in [6, 6.07) is 0.542. The molecule has 1 saturated heterocycles. The molecule has 0 amide bonds. The second kappa shape index (κ2) is 4.78. The summed E-state index contributed by atoms with van der Waals surface area (Å²) < 4.78 is 4.78. The van der Waals surface area contributed by atoms with Crippen molar-refractivity contribution in [1.82, 2.24) is 4.90 Å². The molecule has 0 aliphatic carbocycles. The van der Waals surface area contributed by atoms with Crippen LogP contribution in [0.3, 0.4) is 0 Å². The Labute approximate surface area is 86.4 Å². The first-order chi connectivity index (χ1) is 6.61. The van der Waals surface area contributed by atoms with E-state index in [4.69, 9.17) is 4.74 Å². The zero-order valence-electron chi connectivity index (χ0n) is 9.62. The van der Waals surface area contributed by atoms with Crippen LogP contribution in [0.2, 0.25) is 0 Å². The number of nitrogens with zero attached hydrogens (tertiary/aromatic N) is 1. The highest BCUT2D eigenvalue weighted by Gasteiger charge is 2.39. The highest BCUT2D eigenvalue weighted by Crippen LogP contribution is 2.27. The van der Waals surface area contributed by atoms with Gasteiger partial charge in [-0.25, -0.2) is 0 Å². The fourth-order valence-corrected chi connectivity index (χ4v) is 2.28. The molecule has 0 aromatic carbocycles. The molecule has 1 aliphatic rings. The number of rotatable bonds is 4. The second-order valence-corrected chi connectivity index (χ2v) is 4.29. The predicted octanol–water partition coefficient (Wildman–Crippen LogP) is 1.67. The SMILES string of the molecule is CCC(C(C)C)N1CCC1C(=O)OC. The summed E-state index contributed by atoms with van der Waals surface area (Å²) in [6.07, 6.45) is 2.06. The molecule has 0 bridgehead atoms. The third-order valence-corrected chi connectivity index (χ3v) is 3.15. The minimum Gasteiger partial charge on any atom is -0.468 e. The number of methoxy groups -OCH3 is 1. The molecule has 0 aromatic rings. The first kappa shape index (κ1) is 11.5. The number of hydrogen-bond acceptors (Lipinski definition) is 3. The summed E-state index contributed by atoms with van der Waals surface area (Å²) >= 11 is 0. The molecule has 0 aromatic heterocycles. The van der Waals surface area contributed by atoms with Gasteiger partial charge in [0, 0.05) is 12.6 Å². The predicted molar refractivity (Wildman–Crippen MR) is 56.0 cm³/mol. The molecule has 3 nitrogen and oxygen atoms in total. The van der Waals surface area contributed by atoms with Gasteiger partial charge in [0.15, 0.2) is 0 Å². The van der Waals surface area contributed by atoms with E-state index in [1.165, 1.54) is 7.11 Å². The van der Waals surface area contributed by atoms with Crippen molar-refractivity contribution in [2.75, 3.05) is 13.7 Å². The molecule has 0 N–H and O–H groups in total. The quantitative estimate of drug-likeness (QED) is 0.645. The van der Waals surface area contributed by atoms with Gasteiger partial charge in [0.2, 0.25) is 0 Å². The number of likely N-dealkylation sites (tertiary alicyclic amines) is 1. The molecule has 1 heterocycles. The van der Waals surface area contributed by atoms with Crippen LogP contribution in [0, 0.1) is 5.92 Å². The van der Waals surface area contributed by atoms with E-state index in [1.54, 1.807) is 0 Å². The summed E-state index contributed by atoms with van der Waals surface area (Å²) in [5.74, 6) is 0.530. The number of carbonyl (C=O) groups excluding carboxylic acids is 1. The average molecular weight is 199 g/mol. The van der Waals surface area contributed by atoms with E-state index >= 15 is 0 Å². The van der Waals surface area contributed by atoms with Crippen molar-refractivity contribution < 1.29 is 9.53 Å². The Balaban J connectivity index is 2.56. The van der Waals surface area contributed by atoms with Gasteiger partial charge in [0.25, 0.3) is 0 Å². The normalized spacial score (nSPS) is 24.5. The van der Waals surface area contributed by atoms with Crippen LogP contribution < -0.4 is 0 Å². The fraction of sp³-hybridized carbons (Fsp3) is 0.909. The average Bonchev–Trinajstić information content (AvgIpc) is 2.10. The molecule has 3 heteroatoms. The molecule has 82 valence electrons. The second-order valence-electron chi connectivity index (χ2n) is 4.29. The Morgan fingerprint density at radius 2 is 2.21 bits per heavy atom. The molecule has 0 saturated carbocycles. The topological polar surface area (TPSA) is 29.5 Å². The number of esters is 1. The Morgan fingerprint density at radius 1 is 1.57 bits per heavy atom. The third-order valence-electron chi connectivity index (χ3n) is 3.15. The Bertz CT molecular complexity index is 203. The number of carbonyl (C=O) groups is 1. The number of ether oxygens (including phenoxy) is 1. The zero-order valence-corrected chi connectivity index (χ0v) is 9.62. The van der Waals surface area contributed by atoms with Crippen molar-refractivity contribution in [3.8, 4) is 0 Å². The molecule has 14 heavy (non-hydrogen) atoms. The minimum atomic E-state index is -0.0737. The van der Waals surface area contributed by atoms with Crippen LogP contribution in [0.1, 0.15) is 33.6 Å². The van der Waals surface area contributed by atoms with Gasteiger partial charge in [-0.3, -0.25) is 9.69 Å². The summed E-state index contributed by atoms with van der Waals surface area (Å²) in [5, 5.41) is 0. The smallest absolute Gasteiger partial charge is 0.323 e. The van der Waals surface area contributed by atoms with E-state index in [-0.39, 0.29) is 12.0 Å². The summed E-state index contributed by atoms with van der Waals surface area (Å²) in [4.78, 5) is 13.7. The summed E-state index contributed by atoms with van der Waals surface area (Å²) in [6.45, 7) is 7.63. The highest BCUT2D eigenvalue weighted by molar-refractivity contribution is 5.76. The summed E-state index contributed by atoms with van der Waals surface area (Å²) in [7, 11) is 1.47. The van der Waals surface area contributed by atoms with Crippen molar-refractivity contribution in [3.05, 3.63) is 0 Å². The van der Waals surface area contributed by atoms with E-state index in [0.717, 1.165) is 19.4 Å². The maximum Gasteiger partial charge on any atom is 0.323 e. The van der Waals surface area contributed by atoms with Gasteiger partial charge >= 0.3 is 5.97 Å². The molecular weight excluding hydrogens is 178 g/mol. The third kappa shape index (κ3) is 2.08. The molecule has 0 spiro atoms. The standard InChI is InChI=1S/C11H21NO2/c1-5-9(8(2)3)12-7-6-10(12)11(13)14-4/h8-10H,5-7H2,1-4H3. The van der Waals surface area contributed by atoms with Gasteiger partial charge in [-0.2, -0.15) is 0 Å². The summed E-state index contributed by atoms with van der Waals surface area (Å²) in [5.41, 5.74) is 0. The molecule has 2 unspecified atom stereocenters. The molecule has 1 aliphatic heterocycles. The van der Waals surface area contributed by atoms with Crippen LogP contribution in [0.25, 0.3) is 0 Å². The van der Waals surface area contributed by atoms with Gasteiger partial charge in [-0.15, -0.1) is 0 Å². The van der Waals surface area contributed by atoms with Crippen LogP contribution in [-0.4, -0.2) is 36.6 Å². The Kier molecular flexibility index (Phi) is 3.93. The zero-order chi connectivity index (χ0) is 10.7. The largest absolute Gasteiger partial charge is 0.468 e. The minimum absolute atomic E-state index is 0.0207. The van der Waals surface area contributed by atoms with Crippen molar-refractivity contribution in [2.24, 2.45) is 5.92 Å². The van der Waals surface area contributed by atoms with E-state index in [0.29, 0.717) is 12.0 Å². The van der Waals surface area contributed by atoms with Gasteiger partial charge in [0.1, 0.15) is 6.04 Å². The Hall–Kier alpha value is -0.570. The van der Waals surface area contributed by atoms with Crippen LogP contribution in [0.5, 0.6) is 0 Å². The lowest BCUT2D eigenvalue weighted by molar-refractivity contribution is -0.154. The highest BCUT2D eigenvalue weighted by atomic mass is 16.5. The van der Waals surface area contributed by atoms with Gasteiger partial charge in [0.05, 0.1) is 7.11 Å². The molecule has 0 radical (unpaired) electrons. The van der Waals surface area contributed by atoms with Crippen molar-refractivity contribution in [2.45, 2.75) is 45.7 Å². The maximum atomic E-state index is 11.4. The van der Waals surface area contributed by atoms with Gasteiger partial charge in [-0.05, 0) is 18.8 Å². The van der Waals surface area contributed by atoms with E-state index in [2.05, 4.69) is 25.7 Å². The van der Waals surface area contributed by atoms with Crippen molar-refractivity contribution in [1.29, 1.82) is 0 Å². The van der Waals surface area contributed by atoms with Crippen LogP contribution in [0.4, 0.5) is 0 Å². The van der Waals surface area contributed by atoms with E-state index < -0.39 is 0 Å². The van der Waals surface area contributed by atoms with Crippen LogP contribution in [-0.2, 0) is 9.53 Å². The Morgan fingerprint density at radius 3 is 2.50 bits per heavy atom. The van der Waals surface area contributed by atoms with Gasteiger partial charge < -0.3 is 4.74 Å². The first-order valence-electron chi connectivity index (χ1n) is 5.45. The number of hydrogen-bond donors (Lipinski definition) is 0. The monoisotopic (exact) mass is 199 g/mol. The first-order valence-corrected chi connectivity index (χ1v) is 5.45. The molecule has 2 atom stereocenters.